The highest BCUT2D eigenvalue weighted by atomic mass is 16.2. The summed E-state index contributed by atoms with van der Waals surface area (Å²) in [5.74, 6) is -0.0793. The van der Waals surface area contributed by atoms with Crippen LogP contribution in [-0.2, 0) is 11.3 Å². The molecule has 0 atom stereocenters. The number of amides is 1. The molecule has 110 valence electrons. The van der Waals surface area contributed by atoms with Gasteiger partial charge in [-0.1, -0.05) is 0 Å². The second-order valence-electron chi connectivity index (χ2n) is 5.08. The van der Waals surface area contributed by atoms with Gasteiger partial charge < -0.3 is 10.2 Å². The van der Waals surface area contributed by atoms with Crippen molar-refractivity contribution in [3.8, 4) is 0 Å². The first-order valence-electron chi connectivity index (χ1n) is 7.25. The van der Waals surface area contributed by atoms with Crippen molar-refractivity contribution in [1.29, 1.82) is 0 Å². The van der Waals surface area contributed by atoms with Gasteiger partial charge in [-0.05, 0) is 33.1 Å². The quantitative estimate of drug-likeness (QED) is 0.845. The summed E-state index contributed by atoms with van der Waals surface area (Å²) >= 11 is 0. The molecule has 0 saturated heterocycles. The summed E-state index contributed by atoms with van der Waals surface area (Å²) in [6.45, 7) is 5.13. The minimum Gasteiger partial charge on any atom is -0.381 e. The van der Waals surface area contributed by atoms with E-state index >= 15 is 0 Å². The van der Waals surface area contributed by atoms with E-state index in [2.05, 4.69) is 10.4 Å². The third-order valence-electron chi connectivity index (χ3n) is 3.75. The SMILES string of the molecule is CCN(CC)C(=O)Cn1ncc(NC2CCC2)cc1=O. The highest BCUT2D eigenvalue weighted by Gasteiger charge is 2.17. The average molecular weight is 278 g/mol. The maximum atomic E-state index is 12.0. The minimum atomic E-state index is -0.241. The summed E-state index contributed by atoms with van der Waals surface area (Å²) in [6, 6.07) is 1.98. The first-order chi connectivity index (χ1) is 9.63. The molecule has 1 aliphatic rings. The molecule has 0 spiro atoms. The molecule has 0 unspecified atom stereocenters. The Morgan fingerprint density at radius 3 is 2.65 bits per heavy atom. The van der Waals surface area contributed by atoms with E-state index < -0.39 is 0 Å². The molecule has 6 nitrogen and oxygen atoms in total. The Kier molecular flexibility index (Phi) is 4.76. The molecule has 0 aromatic carbocycles. The Morgan fingerprint density at radius 2 is 2.15 bits per heavy atom. The minimum absolute atomic E-state index is 0.00419. The number of rotatable bonds is 6. The fraction of sp³-hybridized carbons (Fsp3) is 0.643. The van der Waals surface area contributed by atoms with Crippen LogP contribution in [0.25, 0.3) is 0 Å². The Bertz CT molecular complexity index is 518. The van der Waals surface area contributed by atoms with E-state index in [1.165, 1.54) is 17.2 Å². The van der Waals surface area contributed by atoms with Crippen LogP contribution in [0.5, 0.6) is 0 Å². The molecule has 1 aromatic rings. The van der Waals surface area contributed by atoms with Gasteiger partial charge in [-0.2, -0.15) is 5.10 Å². The average Bonchev–Trinajstić information content (AvgIpc) is 2.38. The van der Waals surface area contributed by atoms with Crippen LogP contribution in [0.15, 0.2) is 17.1 Å². The molecule has 1 N–H and O–H groups in total. The van der Waals surface area contributed by atoms with Gasteiger partial charge in [0.25, 0.3) is 5.56 Å². The zero-order chi connectivity index (χ0) is 14.5. The first kappa shape index (κ1) is 14.6. The summed E-state index contributed by atoms with van der Waals surface area (Å²) in [7, 11) is 0. The molecular weight excluding hydrogens is 256 g/mol. The van der Waals surface area contributed by atoms with Crippen molar-refractivity contribution in [1.82, 2.24) is 14.7 Å². The first-order valence-corrected chi connectivity index (χ1v) is 7.25. The molecule has 1 aromatic heterocycles. The van der Waals surface area contributed by atoms with E-state index in [0.29, 0.717) is 19.1 Å². The molecule has 2 rings (SSSR count). The highest BCUT2D eigenvalue weighted by molar-refractivity contribution is 5.75. The lowest BCUT2D eigenvalue weighted by atomic mass is 9.93. The van der Waals surface area contributed by atoms with Gasteiger partial charge in [0.2, 0.25) is 5.91 Å². The summed E-state index contributed by atoms with van der Waals surface area (Å²) in [4.78, 5) is 25.6. The van der Waals surface area contributed by atoms with E-state index in [4.69, 9.17) is 0 Å². The van der Waals surface area contributed by atoms with Gasteiger partial charge in [0, 0.05) is 25.2 Å². The largest absolute Gasteiger partial charge is 0.381 e. The van der Waals surface area contributed by atoms with Crippen LogP contribution in [0.2, 0.25) is 0 Å². The van der Waals surface area contributed by atoms with Crippen LogP contribution in [0.4, 0.5) is 5.69 Å². The number of nitrogens with zero attached hydrogens (tertiary/aromatic N) is 3. The third kappa shape index (κ3) is 3.37. The standard InChI is InChI=1S/C14H22N4O2/c1-3-17(4-2)14(20)10-18-13(19)8-12(9-15-18)16-11-6-5-7-11/h8-9,11,16H,3-7,10H2,1-2H3. The number of nitrogens with one attached hydrogen (secondary N) is 1. The Balaban J connectivity index is 2.01. The number of hydrogen-bond donors (Lipinski definition) is 1. The molecule has 0 aliphatic heterocycles. The van der Waals surface area contributed by atoms with Gasteiger partial charge in [0.15, 0.2) is 0 Å². The van der Waals surface area contributed by atoms with Crippen LogP contribution < -0.4 is 10.9 Å². The number of likely N-dealkylation sites (N-methyl/N-ethyl adjacent to an activating group) is 1. The molecule has 1 aliphatic carbocycles. The van der Waals surface area contributed by atoms with E-state index in [0.717, 1.165) is 18.5 Å². The van der Waals surface area contributed by atoms with Crippen molar-refractivity contribution in [2.24, 2.45) is 0 Å². The van der Waals surface area contributed by atoms with E-state index in [1.807, 2.05) is 13.8 Å². The fourth-order valence-corrected chi connectivity index (χ4v) is 2.22. The van der Waals surface area contributed by atoms with Crippen molar-refractivity contribution >= 4 is 11.6 Å². The molecule has 1 fully saturated rings. The van der Waals surface area contributed by atoms with Gasteiger partial charge in [-0.15, -0.1) is 0 Å². The van der Waals surface area contributed by atoms with Gasteiger partial charge in [0.05, 0.1) is 11.9 Å². The summed E-state index contributed by atoms with van der Waals surface area (Å²) < 4.78 is 1.21. The summed E-state index contributed by atoms with van der Waals surface area (Å²) in [5, 5.41) is 7.35. The summed E-state index contributed by atoms with van der Waals surface area (Å²) in [5.41, 5.74) is 0.501. The monoisotopic (exact) mass is 278 g/mol. The zero-order valence-corrected chi connectivity index (χ0v) is 12.1. The molecule has 0 bridgehead atoms. The molecule has 1 amide bonds. The van der Waals surface area contributed by atoms with Gasteiger partial charge >= 0.3 is 0 Å². The number of carbonyl (C=O) groups is 1. The Hall–Kier alpha value is -1.85. The second-order valence-corrected chi connectivity index (χ2v) is 5.08. The molecule has 1 heterocycles. The molecule has 20 heavy (non-hydrogen) atoms. The topological polar surface area (TPSA) is 67.2 Å². The normalized spacial score (nSPS) is 14.7. The highest BCUT2D eigenvalue weighted by Crippen LogP contribution is 2.21. The van der Waals surface area contributed by atoms with Crippen LogP contribution in [0.3, 0.4) is 0 Å². The van der Waals surface area contributed by atoms with Crippen molar-refractivity contribution in [2.45, 2.75) is 45.7 Å². The molecule has 6 heteroatoms. The van der Waals surface area contributed by atoms with E-state index in [-0.39, 0.29) is 18.0 Å². The lowest BCUT2D eigenvalue weighted by Gasteiger charge is -2.27. The van der Waals surface area contributed by atoms with Crippen LogP contribution in [0, 0.1) is 0 Å². The maximum absolute atomic E-state index is 12.0. The number of hydrogen-bond acceptors (Lipinski definition) is 4. The zero-order valence-electron chi connectivity index (χ0n) is 12.1. The fourth-order valence-electron chi connectivity index (χ4n) is 2.22. The van der Waals surface area contributed by atoms with Crippen molar-refractivity contribution in [3.05, 3.63) is 22.6 Å². The van der Waals surface area contributed by atoms with Gasteiger partial charge in [-0.3, -0.25) is 9.59 Å². The second kappa shape index (κ2) is 6.54. The lowest BCUT2D eigenvalue weighted by molar-refractivity contribution is -0.131. The van der Waals surface area contributed by atoms with E-state index in [9.17, 15) is 9.59 Å². The van der Waals surface area contributed by atoms with Gasteiger partial charge in [-0.25, -0.2) is 4.68 Å². The van der Waals surface area contributed by atoms with Crippen LogP contribution in [0.1, 0.15) is 33.1 Å². The number of aromatic nitrogens is 2. The third-order valence-corrected chi connectivity index (χ3v) is 3.75. The van der Waals surface area contributed by atoms with Crippen molar-refractivity contribution in [2.75, 3.05) is 18.4 Å². The maximum Gasteiger partial charge on any atom is 0.269 e. The Morgan fingerprint density at radius 1 is 1.45 bits per heavy atom. The van der Waals surface area contributed by atoms with Gasteiger partial charge in [0.1, 0.15) is 6.54 Å². The van der Waals surface area contributed by atoms with Crippen LogP contribution >= 0.6 is 0 Å². The molecule has 0 radical (unpaired) electrons. The van der Waals surface area contributed by atoms with Crippen molar-refractivity contribution in [3.63, 3.8) is 0 Å². The predicted octanol–water partition coefficient (Wildman–Crippen LogP) is 1.08. The number of anilines is 1. The molecular formula is C14H22N4O2. The molecule has 1 saturated carbocycles. The van der Waals surface area contributed by atoms with E-state index in [1.54, 1.807) is 11.1 Å². The van der Waals surface area contributed by atoms with Crippen LogP contribution in [-0.4, -0.2) is 39.7 Å². The smallest absolute Gasteiger partial charge is 0.269 e. The summed E-state index contributed by atoms with van der Waals surface area (Å²) in [6.07, 6.45) is 5.14. The number of carbonyl (C=O) groups excluding carboxylic acids is 1. The lowest BCUT2D eigenvalue weighted by Crippen LogP contribution is -2.37. The predicted molar refractivity (Wildman–Crippen MR) is 77.7 cm³/mol. The Labute approximate surface area is 118 Å². The van der Waals surface area contributed by atoms with Crippen molar-refractivity contribution < 1.29 is 4.79 Å².